The Morgan fingerprint density at radius 3 is 1.59 bits per heavy atom. The fourth-order valence-electron chi connectivity index (χ4n) is 5.03. The summed E-state index contributed by atoms with van der Waals surface area (Å²) < 4.78 is 5.81. The molecule has 0 amide bonds. The molecule has 4 nitrogen and oxygen atoms in total. The molecule has 0 aromatic carbocycles. The van der Waals surface area contributed by atoms with Gasteiger partial charge in [0.05, 0.1) is 0 Å². The fourth-order valence-corrected chi connectivity index (χ4v) is 5.03. The van der Waals surface area contributed by atoms with Gasteiger partial charge in [-0.25, -0.2) is 0 Å². The molecule has 0 aliphatic carbocycles. The zero-order valence-electron chi connectivity index (χ0n) is 28.7. The molecule has 0 aliphatic rings. The molecule has 0 saturated carbocycles. The fraction of sp³-hybridized carbons (Fsp3) is 0.700. The minimum Gasteiger partial charge on any atom is -0.481 e. The molecule has 1 N–H and O–H groups in total. The van der Waals surface area contributed by atoms with E-state index in [4.69, 9.17) is 9.84 Å². The van der Waals surface area contributed by atoms with E-state index in [0.717, 1.165) is 57.8 Å². The first-order chi connectivity index (χ1) is 21.6. The molecule has 4 heteroatoms. The Morgan fingerprint density at radius 2 is 1.02 bits per heavy atom. The average molecular weight is 613 g/mol. The van der Waals surface area contributed by atoms with Crippen molar-refractivity contribution in [1.29, 1.82) is 0 Å². The number of aliphatic carboxylic acids is 1. The molecule has 0 saturated heterocycles. The predicted octanol–water partition coefficient (Wildman–Crippen LogP) is 12.6. The quantitative estimate of drug-likeness (QED) is 0.0466. The molecule has 0 radical (unpaired) electrons. The maximum absolute atomic E-state index is 12.5. The minimum absolute atomic E-state index is 0.115. The van der Waals surface area contributed by atoms with Crippen LogP contribution in [0.1, 0.15) is 174 Å². The monoisotopic (exact) mass is 613 g/mol. The molecular weight excluding hydrogens is 544 g/mol. The van der Waals surface area contributed by atoms with Gasteiger partial charge in [-0.3, -0.25) is 9.59 Å². The molecule has 0 aromatic heterocycles. The molecule has 1 atom stereocenters. The SMILES string of the molecule is CC/C=C\C/C=C\C/C=C\C/C=C\C(CCCCCC(=O)O)OC(=O)CCCCCCCCC/C=C\CCCCCCCC. The molecule has 0 heterocycles. The molecule has 0 fully saturated rings. The zero-order chi connectivity index (χ0) is 32.2. The van der Waals surface area contributed by atoms with Crippen LogP contribution in [0.25, 0.3) is 0 Å². The van der Waals surface area contributed by atoms with Crippen molar-refractivity contribution in [2.75, 3.05) is 0 Å². The van der Waals surface area contributed by atoms with Gasteiger partial charge in [-0.05, 0) is 83.1 Å². The van der Waals surface area contributed by atoms with E-state index in [-0.39, 0.29) is 18.5 Å². The van der Waals surface area contributed by atoms with Gasteiger partial charge in [0.1, 0.15) is 6.10 Å². The van der Waals surface area contributed by atoms with E-state index < -0.39 is 5.97 Å². The smallest absolute Gasteiger partial charge is 0.306 e. The van der Waals surface area contributed by atoms with Crippen molar-refractivity contribution in [2.45, 2.75) is 180 Å². The molecule has 0 aliphatic heterocycles. The standard InChI is InChI=1S/C40H68O4/c1-3-5-7-9-11-13-15-16-17-18-19-20-22-24-26-28-33-37-40(43)44-38(35-31-29-32-36-39(41)42)34-30-27-25-23-21-14-12-10-8-6-4-2/h6,8,12,14,16-17,23,25,30,34,38H,3-5,7,9-11,13,15,18-22,24,26-29,31-33,35-37H2,1-2H3,(H,41,42)/b8-6-,14-12-,17-16-,25-23-,34-30-. The Hall–Kier alpha value is -2.36. The molecule has 44 heavy (non-hydrogen) atoms. The number of unbranched alkanes of at least 4 members (excludes halogenated alkanes) is 15. The summed E-state index contributed by atoms with van der Waals surface area (Å²) in [5, 5.41) is 8.86. The normalized spacial score (nSPS) is 13.0. The minimum atomic E-state index is -0.752. The second-order valence-electron chi connectivity index (χ2n) is 12.0. The molecule has 0 bridgehead atoms. The van der Waals surface area contributed by atoms with Crippen LogP contribution in [0.15, 0.2) is 60.8 Å². The van der Waals surface area contributed by atoms with Gasteiger partial charge < -0.3 is 9.84 Å². The number of rotatable bonds is 32. The summed E-state index contributed by atoms with van der Waals surface area (Å²) in [6, 6.07) is 0. The van der Waals surface area contributed by atoms with Crippen LogP contribution in [0.3, 0.4) is 0 Å². The van der Waals surface area contributed by atoms with Crippen LogP contribution < -0.4 is 0 Å². The second-order valence-corrected chi connectivity index (χ2v) is 12.0. The topological polar surface area (TPSA) is 63.6 Å². The number of carboxylic acids is 1. The van der Waals surface area contributed by atoms with Gasteiger partial charge in [0.2, 0.25) is 0 Å². The van der Waals surface area contributed by atoms with Crippen molar-refractivity contribution in [1.82, 2.24) is 0 Å². The van der Waals surface area contributed by atoms with Crippen LogP contribution in [0, 0.1) is 0 Å². The Labute approximate surface area is 272 Å². The van der Waals surface area contributed by atoms with E-state index in [1.54, 1.807) is 0 Å². The number of ether oxygens (including phenoxy) is 1. The van der Waals surface area contributed by atoms with E-state index in [0.29, 0.717) is 12.8 Å². The third-order valence-corrected chi connectivity index (χ3v) is 7.71. The summed E-state index contributed by atoms with van der Waals surface area (Å²) in [6.45, 7) is 4.41. The van der Waals surface area contributed by atoms with Gasteiger partial charge in [-0.2, -0.15) is 0 Å². The number of carbonyl (C=O) groups excluding carboxylic acids is 1. The van der Waals surface area contributed by atoms with Gasteiger partial charge >= 0.3 is 11.9 Å². The lowest BCUT2D eigenvalue weighted by Gasteiger charge is -2.14. The van der Waals surface area contributed by atoms with Crippen molar-refractivity contribution in [2.24, 2.45) is 0 Å². The summed E-state index contributed by atoms with van der Waals surface area (Å²) >= 11 is 0. The molecular formula is C40H68O4. The van der Waals surface area contributed by atoms with Crippen LogP contribution in [-0.4, -0.2) is 23.1 Å². The van der Waals surface area contributed by atoms with Crippen molar-refractivity contribution >= 4 is 11.9 Å². The highest BCUT2D eigenvalue weighted by Gasteiger charge is 2.11. The molecule has 1 unspecified atom stereocenters. The van der Waals surface area contributed by atoms with Crippen LogP contribution >= 0.6 is 0 Å². The second kappa shape index (κ2) is 35.1. The Bertz CT molecular complexity index is 789. The van der Waals surface area contributed by atoms with E-state index in [9.17, 15) is 9.59 Å². The largest absolute Gasteiger partial charge is 0.481 e. The molecule has 0 rings (SSSR count). The zero-order valence-corrected chi connectivity index (χ0v) is 28.7. The van der Waals surface area contributed by atoms with Crippen molar-refractivity contribution in [3.63, 3.8) is 0 Å². The van der Waals surface area contributed by atoms with Gasteiger partial charge in [0, 0.05) is 12.8 Å². The summed E-state index contributed by atoms with van der Waals surface area (Å²) in [7, 11) is 0. The Morgan fingerprint density at radius 1 is 0.545 bits per heavy atom. The lowest BCUT2D eigenvalue weighted by atomic mass is 10.1. The Balaban J connectivity index is 4.08. The highest BCUT2D eigenvalue weighted by molar-refractivity contribution is 5.69. The summed E-state index contributed by atoms with van der Waals surface area (Å²) in [6.07, 6.45) is 48.2. The molecule has 0 spiro atoms. The maximum Gasteiger partial charge on any atom is 0.306 e. The molecule has 0 aromatic rings. The number of carboxylic acid groups (broad SMARTS) is 1. The van der Waals surface area contributed by atoms with E-state index in [1.807, 2.05) is 6.08 Å². The van der Waals surface area contributed by atoms with Crippen molar-refractivity contribution in [3.8, 4) is 0 Å². The number of esters is 1. The predicted molar refractivity (Wildman–Crippen MR) is 190 cm³/mol. The van der Waals surface area contributed by atoms with E-state index in [2.05, 4.69) is 68.5 Å². The van der Waals surface area contributed by atoms with E-state index >= 15 is 0 Å². The van der Waals surface area contributed by atoms with Gasteiger partial charge in [0.25, 0.3) is 0 Å². The first-order valence-electron chi connectivity index (χ1n) is 18.3. The third kappa shape index (κ3) is 34.1. The van der Waals surface area contributed by atoms with Crippen molar-refractivity contribution in [3.05, 3.63) is 60.8 Å². The number of carbonyl (C=O) groups is 2. The first kappa shape index (κ1) is 41.6. The van der Waals surface area contributed by atoms with Crippen LogP contribution in [-0.2, 0) is 14.3 Å². The number of hydrogen-bond donors (Lipinski definition) is 1. The van der Waals surface area contributed by atoms with E-state index in [1.165, 1.54) is 83.5 Å². The highest BCUT2D eigenvalue weighted by atomic mass is 16.5. The van der Waals surface area contributed by atoms with Crippen LogP contribution in [0.5, 0.6) is 0 Å². The summed E-state index contributed by atoms with van der Waals surface area (Å²) in [4.78, 5) is 23.3. The summed E-state index contributed by atoms with van der Waals surface area (Å²) in [5.41, 5.74) is 0. The number of allylic oxidation sites excluding steroid dienone is 9. The first-order valence-corrected chi connectivity index (χ1v) is 18.3. The van der Waals surface area contributed by atoms with Gasteiger partial charge in [-0.1, -0.05) is 139 Å². The number of hydrogen-bond acceptors (Lipinski definition) is 3. The van der Waals surface area contributed by atoms with Gasteiger partial charge in [0.15, 0.2) is 0 Å². The highest BCUT2D eigenvalue weighted by Crippen LogP contribution is 2.14. The summed E-state index contributed by atoms with van der Waals surface area (Å²) in [5.74, 6) is -0.867. The molecule has 252 valence electrons. The van der Waals surface area contributed by atoms with Crippen LogP contribution in [0.4, 0.5) is 0 Å². The maximum atomic E-state index is 12.5. The lowest BCUT2D eigenvalue weighted by molar-refractivity contribution is -0.147. The Kier molecular flexibility index (Phi) is 33.2. The van der Waals surface area contributed by atoms with Crippen molar-refractivity contribution < 1.29 is 19.4 Å². The van der Waals surface area contributed by atoms with Crippen LogP contribution in [0.2, 0.25) is 0 Å². The van der Waals surface area contributed by atoms with Gasteiger partial charge in [-0.15, -0.1) is 0 Å². The lowest BCUT2D eigenvalue weighted by Crippen LogP contribution is -2.16. The average Bonchev–Trinajstić information content (AvgIpc) is 3.00. The third-order valence-electron chi connectivity index (χ3n) is 7.71.